The molecule has 0 saturated heterocycles. The lowest BCUT2D eigenvalue weighted by Gasteiger charge is -2.08. The summed E-state index contributed by atoms with van der Waals surface area (Å²) in [5.41, 5.74) is 0.796. The van der Waals surface area contributed by atoms with Gasteiger partial charge in [0.2, 0.25) is 0 Å². The summed E-state index contributed by atoms with van der Waals surface area (Å²) >= 11 is 6.48. The van der Waals surface area contributed by atoms with Gasteiger partial charge < -0.3 is 10.2 Å². The quantitative estimate of drug-likeness (QED) is 0.577. The summed E-state index contributed by atoms with van der Waals surface area (Å²) in [6.07, 6.45) is 4.53. The van der Waals surface area contributed by atoms with E-state index in [-0.39, 0.29) is 17.0 Å². The van der Waals surface area contributed by atoms with Gasteiger partial charge in [0, 0.05) is 7.05 Å². The van der Waals surface area contributed by atoms with Gasteiger partial charge in [0.05, 0.1) is 8.95 Å². The predicted molar refractivity (Wildman–Crippen MR) is 109 cm³/mol. The Morgan fingerprint density at radius 3 is 2.11 bits per heavy atom. The van der Waals surface area contributed by atoms with Crippen LogP contribution < -0.4 is 0 Å². The van der Waals surface area contributed by atoms with Crippen LogP contribution in [0, 0.1) is 11.6 Å². The summed E-state index contributed by atoms with van der Waals surface area (Å²) in [6.45, 7) is 0. The minimum absolute atomic E-state index is 0.000271. The first kappa shape index (κ1) is 20.2. The van der Waals surface area contributed by atoms with Crippen molar-refractivity contribution in [3.8, 4) is 11.5 Å². The first-order chi connectivity index (χ1) is 13.2. The molecule has 3 rings (SSSR count). The molecule has 0 aromatic heterocycles. The zero-order chi connectivity index (χ0) is 20.6. The Hall–Kier alpha value is -2.52. The molecule has 0 bridgehead atoms. The van der Waals surface area contributed by atoms with Gasteiger partial charge in [0.25, 0.3) is 5.91 Å². The molecule has 1 heterocycles. The van der Waals surface area contributed by atoms with Crippen LogP contribution in [-0.2, 0) is 4.79 Å². The first-order valence-electron chi connectivity index (χ1n) is 7.80. The van der Waals surface area contributed by atoms with Gasteiger partial charge in [-0.25, -0.2) is 13.8 Å². The molecule has 0 aliphatic carbocycles. The largest absolute Gasteiger partial charge is 0.506 e. The van der Waals surface area contributed by atoms with E-state index < -0.39 is 23.3 Å². The Balaban J connectivity index is 1.92. The van der Waals surface area contributed by atoms with E-state index in [0.717, 1.165) is 17.7 Å². The zero-order valence-electron chi connectivity index (χ0n) is 14.3. The maximum Gasteiger partial charge on any atom is 0.277 e. The maximum atomic E-state index is 13.5. The number of rotatable bonds is 3. The van der Waals surface area contributed by atoms with Crippen molar-refractivity contribution in [2.45, 2.75) is 0 Å². The van der Waals surface area contributed by atoms with E-state index in [0.29, 0.717) is 14.8 Å². The zero-order valence-corrected chi connectivity index (χ0v) is 17.4. The second kappa shape index (κ2) is 7.84. The summed E-state index contributed by atoms with van der Waals surface area (Å²) in [5, 5.41) is 18.9. The second-order valence-electron chi connectivity index (χ2n) is 5.86. The molecule has 0 fully saturated rings. The van der Waals surface area contributed by atoms with Crippen molar-refractivity contribution in [3.63, 3.8) is 0 Å². The minimum atomic E-state index is -1.13. The molecule has 9 heteroatoms. The number of aromatic hydroxyl groups is 2. The molecule has 2 aromatic carbocycles. The van der Waals surface area contributed by atoms with Crippen molar-refractivity contribution in [1.82, 2.24) is 4.90 Å². The number of hydrogen-bond acceptors (Lipinski definition) is 4. The Bertz CT molecular complexity index is 1030. The maximum absolute atomic E-state index is 13.5. The van der Waals surface area contributed by atoms with Gasteiger partial charge in [-0.1, -0.05) is 6.08 Å². The highest BCUT2D eigenvalue weighted by Crippen LogP contribution is 2.33. The van der Waals surface area contributed by atoms with E-state index in [4.69, 9.17) is 5.11 Å². The van der Waals surface area contributed by atoms with Crippen molar-refractivity contribution >= 4 is 55.8 Å². The highest BCUT2D eigenvalue weighted by molar-refractivity contribution is 9.11. The minimum Gasteiger partial charge on any atom is -0.506 e. The number of amides is 1. The number of halogens is 4. The fourth-order valence-electron chi connectivity index (χ4n) is 2.44. The summed E-state index contributed by atoms with van der Waals surface area (Å²) in [6, 6.07) is 5.19. The molecule has 0 unspecified atom stereocenters. The lowest BCUT2D eigenvalue weighted by atomic mass is 10.1. The Morgan fingerprint density at radius 2 is 1.54 bits per heavy atom. The molecule has 2 aromatic rings. The van der Waals surface area contributed by atoms with Crippen LogP contribution in [-0.4, -0.2) is 33.9 Å². The first-order valence-corrected chi connectivity index (χ1v) is 9.38. The van der Waals surface area contributed by atoms with Crippen LogP contribution in [0.15, 0.2) is 50.0 Å². The summed E-state index contributed by atoms with van der Waals surface area (Å²) in [5.74, 6) is -3.37. The number of nitrogens with zero attached hydrogens (tertiary/aromatic N) is 2. The van der Waals surface area contributed by atoms with Gasteiger partial charge in [-0.2, -0.15) is 0 Å². The van der Waals surface area contributed by atoms with Gasteiger partial charge >= 0.3 is 0 Å². The van der Waals surface area contributed by atoms with E-state index in [2.05, 4.69) is 36.9 Å². The monoisotopic (exact) mass is 512 g/mol. The molecule has 1 amide bonds. The topological polar surface area (TPSA) is 73.1 Å². The van der Waals surface area contributed by atoms with E-state index in [1.807, 2.05) is 0 Å². The number of carbonyl (C=O) groups is 1. The fourth-order valence-corrected chi connectivity index (χ4v) is 3.67. The number of likely N-dealkylation sites (N-methyl/N-ethyl adjacent to an activating group) is 1. The standard InChI is InChI=1S/C19H12Br2F2N2O3/c1-25-16(3-2-9-4-11(20)17(26)12(21)5-9)24-15(19(25)28)8-10-6-13(22)18(27)14(23)7-10/h2-8,26-27H,1H3/b3-2+,15-8-. The number of aliphatic imine (C=N–C) groups is 1. The lowest BCUT2D eigenvalue weighted by molar-refractivity contribution is -0.121. The SMILES string of the molecule is CN1C(=O)/C(=C/c2cc(F)c(O)c(F)c2)N=C1/C=C/c1cc(Br)c(O)c(Br)c1. The summed E-state index contributed by atoms with van der Waals surface area (Å²) in [4.78, 5) is 17.8. The van der Waals surface area contributed by atoms with Crippen molar-refractivity contribution < 1.29 is 23.8 Å². The number of amidine groups is 1. The van der Waals surface area contributed by atoms with Crippen molar-refractivity contribution in [3.05, 3.63) is 67.7 Å². The average molecular weight is 514 g/mol. The Morgan fingerprint density at radius 1 is 0.964 bits per heavy atom. The summed E-state index contributed by atoms with van der Waals surface area (Å²) in [7, 11) is 1.52. The van der Waals surface area contributed by atoms with Gasteiger partial charge in [0.15, 0.2) is 17.4 Å². The smallest absolute Gasteiger partial charge is 0.277 e. The number of carbonyl (C=O) groups excluding carboxylic acids is 1. The molecule has 0 spiro atoms. The fraction of sp³-hybridized carbons (Fsp3) is 0.0526. The van der Waals surface area contributed by atoms with Gasteiger partial charge in [-0.15, -0.1) is 0 Å². The molecule has 2 N–H and O–H groups in total. The van der Waals surface area contributed by atoms with Crippen LogP contribution in [0.5, 0.6) is 11.5 Å². The van der Waals surface area contributed by atoms with Crippen LogP contribution in [0.4, 0.5) is 8.78 Å². The van der Waals surface area contributed by atoms with E-state index in [1.165, 1.54) is 18.0 Å². The molecule has 144 valence electrons. The van der Waals surface area contributed by atoms with Crippen LogP contribution in [0.2, 0.25) is 0 Å². The van der Waals surface area contributed by atoms with Crippen LogP contribution in [0.3, 0.4) is 0 Å². The predicted octanol–water partition coefficient (Wildman–Crippen LogP) is 4.83. The molecular weight excluding hydrogens is 502 g/mol. The number of phenols is 2. The van der Waals surface area contributed by atoms with Crippen LogP contribution in [0.25, 0.3) is 12.2 Å². The third-order valence-corrected chi connectivity index (χ3v) is 5.12. The molecule has 0 atom stereocenters. The molecule has 1 aliphatic heterocycles. The number of benzene rings is 2. The van der Waals surface area contributed by atoms with Crippen LogP contribution >= 0.6 is 31.9 Å². The molecule has 1 aliphatic rings. The highest BCUT2D eigenvalue weighted by atomic mass is 79.9. The van der Waals surface area contributed by atoms with Gasteiger partial charge in [-0.3, -0.25) is 9.69 Å². The van der Waals surface area contributed by atoms with Crippen molar-refractivity contribution in [1.29, 1.82) is 0 Å². The summed E-state index contributed by atoms with van der Waals surface area (Å²) < 4.78 is 28.0. The average Bonchev–Trinajstić information content (AvgIpc) is 2.90. The van der Waals surface area contributed by atoms with Crippen molar-refractivity contribution in [2.75, 3.05) is 7.05 Å². The highest BCUT2D eigenvalue weighted by Gasteiger charge is 2.25. The van der Waals surface area contributed by atoms with E-state index >= 15 is 0 Å². The normalized spacial score (nSPS) is 15.8. The molecule has 5 nitrogen and oxygen atoms in total. The third kappa shape index (κ3) is 4.00. The Kier molecular flexibility index (Phi) is 5.66. The Labute approximate surface area is 175 Å². The number of phenolic OH excluding ortho intramolecular Hbond substituents is 2. The lowest BCUT2D eigenvalue weighted by Crippen LogP contribution is -2.26. The van der Waals surface area contributed by atoms with E-state index in [9.17, 15) is 18.7 Å². The number of hydrogen-bond donors (Lipinski definition) is 2. The van der Waals surface area contributed by atoms with Gasteiger partial charge in [-0.05, 0) is 79.4 Å². The third-order valence-electron chi connectivity index (χ3n) is 3.91. The second-order valence-corrected chi connectivity index (χ2v) is 7.57. The van der Waals surface area contributed by atoms with Gasteiger partial charge in [0.1, 0.15) is 17.3 Å². The molecule has 0 radical (unpaired) electrons. The molecule has 28 heavy (non-hydrogen) atoms. The van der Waals surface area contributed by atoms with E-state index in [1.54, 1.807) is 24.3 Å². The molecular formula is C19H12Br2F2N2O3. The van der Waals surface area contributed by atoms with Crippen molar-refractivity contribution in [2.24, 2.45) is 4.99 Å². The molecule has 0 saturated carbocycles. The van der Waals surface area contributed by atoms with Crippen LogP contribution in [0.1, 0.15) is 11.1 Å².